The molecule has 0 aliphatic carbocycles. The number of hydrogen-bond donors (Lipinski definition) is 2. The van der Waals surface area contributed by atoms with Crippen LogP contribution in [0.25, 0.3) is 0 Å². The van der Waals surface area contributed by atoms with Crippen LogP contribution >= 0.6 is 11.3 Å². The first-order valence-corrected chi connectivity index (χ1v) is 9.07. The van der Waals surface area contributed by atoms with Crippen LogP contribution in [0.15, 0.2) is 4.34 Å². The fourth-order valence-corrected chi connectivity index (χ4v) is 4.01. The number of morpholine rings is 1. The van der Waals surface area contributed by atoms with Gasteiger partial charge < -0.3 is 15.0 Å². The predicted octanol–water partition coefficient (Wildman–Crippen LogP) is -0.504. The van der Waals surface area contributed by atoms with Crippen LogP contribution in [0.4, 0.5) is 5.13 Å². The van der Waals surface area contributed by atoms with Gasteiger partial charge in [-0.25, -0.2) is 13.1 Å². The molecule has 1 saturated heterocycles. The quantitative estimate of drug-likeness (QED) is 0.665. The molecule has 1 aromatic rings. The van der Waals surface area contributed by atoms with Gasteiger partial charge in [0.1, 0.15) is 0 Å². The number of carbonyl (C=O) groups is 1. The van der Waals surface area contributed by atoms with Crippen LogP contribution in [0, 0.1) is 0 Å². The Morgan fingerprint density at radius 3 is 2.95 bits per heavy atom. The normalized spacial score (nSPS) is 20.0. The van der Waals surface area contributed by atoms with Crippen molar-refractivity contribution in [3.63, 3.8) is 0 Å². The second-order valence-electron chi connectivity index (χ2n) is 5.00. The van der Waals surface area contributed by atoms with Gasteiger partial charge in [-0.3, -0.25) is 4.79 Å². The van der Waals surface area contributed by atoms with Gasteiger partial charge in [-0.15, -0.1) is 10.2 Å². The minimum atomic E-state index is -3.72. The molecule has 124 valence electrons. The number of nitrogens with zero attached hydrogens (tertiary/aromatic N) is 3. The molecule has 0 spiro atoms. The van der Waals surface area contributed by atoms with E-state index in [4.69, 9.17) is 4.74 Å². The van der Waals surface area contributed by atoms with Gasteiger partial charge in [0.2, 0.25) is 15.4 Å². The number of ether oxygens (including phenoxy) is 1. The summed E-state index contributed by atoms with van der Waals surface area (Å²) in [6.45, 7) is 3.90. The van der Waals surface area contributed by atoms with Crippen molar-refractivity contribution in [2.75, 3.05) is 38.6 Å². The molecule has 1 atom stereocenters. The van der Waals surface area contributed by atoms with Crippen LogP contribution in [-0.2, 0) is 19.6 Å². The van der Waals surface area contributed by atoms with Crippen molar-refractivity contribution >= 4 is 32.4 Å². The van der Waals surface area contributed by atoms with Crippen LogP contribution in [0.1, 0.15) is 13.3 Å². The smallest absolute Gasteiger partial charge is 0.269 e. The lowest BCUT2D eigenvalue weighted by Gasteiger charge is -2.29. The summed E-state index contributed by atoms with van der Waals surface area (Å²) in [7, 11) is -1.71. The average molecular weight is 349 g/mol. The first-order chi connectivity index (χ1) is 10.4. The first-order valence-electron chi connectivity index (χ1n) is 6.78. The van der Waals surface area contributed by atoms with E-state index in [0.717, 1.165) is 24.4 Å². The van der Waals surface area contributed by atoms with E-state index in [1.165, 1.54) is 6.92 Å². The van der Waals surface area contributed by atoms with Crippen molar-refractivity contribution in [2.45, 2.75) is 23.8 Å². The number of rotatable bonds is 6. The molecule has 1 aliphatic rings. The van der Waals surface area contributed by atoms with Gasteiger partial charge in [-0.2, -0.15) is 0 Å². The standard InChI is InChI=1S/C11H19N5O4S2/c1-8(17)13-10-14-15-11(21-10)22(18,19)12-4-3-9-7-16(2)5-6-20-9/h9,12H,3-7H2,1-2H3,(H,13,14,17). The lowest BCUT2D eigenvalue weighted by molar-refractivity contribution is -0.114. The summed E-state index contributed by atoms with van der Waals surface area (Å²) in [5.74, 6) is -0.327. The number of anilines is 1. The monoisotopic (exact) mass is 349 g/mol. The predicted molar refractivity (Wildman–Crippen MR) is 81.3 cm³/mol. The van der Waals surface area contributed by atoms with Crippen molar-refractivity contribution in [3.8, 4) is 0 Å². The maximum absolute atomic E-state index is 12.1. The van der Waals surface area contributed by atoms with Crippen molar-refractivity contribution in [2.24, 2.45) is 0 Å². The Morgan fingerprint density at radius 2 is 2.27 bits per heavy atom. The number of amides is 1. The summed E-state index contributed by atoms with van der Waals surface area (Å²) in [5.41, 5.74) is 0. The zero-order valence-electron chi connectivity index (χ0n) is 12.4. The van der Waals surface area contributed by atoms with E-state index in [1.54, 1.807) is 0 Å². The molecule has 11 heteroatoms. The fraction of sp³-hybridized carbons (Fsp3) is 0.727. The highest BCUT2D eigenvalue weighted by molar-refractivity contribution is 7.91. The highest BCUT2D eigenvalue weighted by Gasteiger charge is 2.22. The SMILES string of the molecule is CC(=O)Nc1nnc(S(=O)(=O)NCCC2CN(C)CCO2)s1. The Balaban J connectivity index is 1.85. The fourth-order valence-electron chi connectivity index (χ4n) is 1.98. The maximum atomic E-state index is 12.1. The molecule has 2 rings (SSSR count). The summed E-state index contributed by atoms with van der Waals surface area (Å²) >= 11 is 0.810. The molecule has 9 nitrogen and oxygen atoms in total. The molecule has 1 aliphatic heterocycles. The Labute approximate surface area is 133 Å². The molecule has 1 unspecified atom stereocenters. The topological polar surface area (TPSA) is 114 Å². The number of hydrogen-bond acceptors (Lipinski definition) is 8. The van der Waals surface area contributed by atoms with E-state index in [1.807, 2.05) is 7.05 Å². The molecule has 1 fully saturated rings. The minimum Gasteiger partial charge on any atom is -0.376 e. The van der Waals surface area contributed by atoms with E-state index in [-0.39, 0.29) is 28.0 Å². The number of carbonyl (C=O) groups excluding carboxylic acids is 1. The number of sulfonamides is 1. The van der Waals surface area contributed by atoms with Crippen LogP contribution in [0.2, 0.25) is 0 Å². The third-order valence-corrected chi connectivity index (χ3v) is 5.69. The second-order valence-corrected chi connectivity index (χ2v) is 7.91. The molecule has 0 bridgehead atoms. The van der Waals surface area contributed by atoms with Gasteiger partial charge in [0.05, 0.1) is 12.7 Å². The number of likely N-dealkylation sites (N-methyl/N-ethyl adjacent to an activating group) is 1. The molecule has 0 radical (unpaired) electrons. The molecule has 2 heterocycles. The van der Waals surface area contributed by atoms with Gasteiger partial charge >= 0.3 is 0 Å². The Morgan fingerprint density at radius 1 is 1.50 bits per heavy atom. The lowest BCUT2D eigenvalue weighted by atomic mass is 10.2. The van der Waals surface area contributed by atoms with Gasteiger partial charge in [0.25, 0.3) is 10.0 Å². The summed E-state index contributed by atoms with van der Waals surface area (Å²) in [4.78, 5) is 13.0. The van der Waals surface area contributed by atoms with E-state index >= 15 is 0 Å². The third-order valence-electron chi connectivity index (χ3n) is 3.02. The van der Waals surface area contributed by atoms with E-state index < -0.39 is 10.0 Å². The van der Waals surface area contributed by atoms with Crippen LogP contribution < -0.4 is 10.0 Å². The largest absolute Gasteiger partial charge is 0.376 e. The summed E-state index contributed by atoms with van der Waals surface area (Å²) in [5, 5.41) is 9.75. The van der Waals surface area contributed by atoms with Crippen molar-refractivity contribution in [1.82, 2.24) is 19.8 Å². The third kappa shape index (κ3) is 4.95. The highest BCUT2D eigenvalue weighted by Crippen LogP contribution is 2.19. The van der Waals surface area contributed by atoms with Gasteiger partial charge in [0, 0.05) is 26.6 Å². The molecular weight excluding hydrogens is 330 g/mol. The summed E-state index contributed by atoms with van der Waals surface area (Å²) < 4.78 is 32.0. The van der Waals surface area contributed by atoms with Crippen LogP contribution in [0.5, 0.6) is 0 Å². The molecule has 1 aromatic heterocycles. The zero-order chi connectivity index (χ0) is 16.2. The van der Waals surface area contributed by atoms with Gasteiger partial charge in [0.15, 0.2) is 0 Å². The maximum Gasteiger partial charge on any atom is 0.269 e. The molecule has 0 aromatic carbocycles. The molecule has 1 amide bonds. The molecule has 22 heavy (non-hydrogen) atoms. The Bertz CT molecular complexity index is 618. The van der Waals surface area contributed by atoms with Crippen LogP contribution in [0.3, 0.4) is 0 Å². The van der Waals surface area contributed by atoms with Crippen molar-refractivity contribution in [3.05, 3.63) is 0 Å². The number of aromatic nitrogens is 2. The Kier molecular flexibility index (Phi) is 5.81. The highest BCUT2D eigenvalue weighted by atomic mass is 32.2. The van der Waals surface area contributed by atoms with Gasteiger partial charge in [-0.05, 0) is 13.5 Å². The zero-order valence-corrected chi connectivity index (χ0v) is 14.0. The van der Waals surface area contributed by atoms with E-state index in [0.29, 0.717) is 13.0 Å². The Hall–Kier alpha value is -1.14. The molecular formula is C11H19N5O4S2. The minimum absolute atomic E-state index is 0.0193. The van der Waals surface area contributed by atoms with Crippen molar-refractivity contribution < 1.29 is 17.9 Å². The summed E-state index contributed by atoms with van der Waals surface area (Å²) in [6, 6.07) is 0. The molecule has 0 saturated carbocycles. The summed E-state index contributed by atoms with van der Waals surface area (Å²) in [6.07, 6.45) is 0.604. The van der Waals surface area contributed by atoms with Gasteiger partial charge in [-0.1, -0.05) is 11.3 Å². The lowest BCUT2D eigenvalue weighted by Crippen LogP contribution is -2.41. The average Bonchev–Trinajstić information content (AvgIpc) is 2.87. The van der Waals surface area contributed by atoms with E-state index in [2.05, 4.69) is 25.1 Å². The second kappa shape index (κ2) is 7.42. The number of nitrogens with one attached hydrogen (secondary N) is 2. The van der Waals surface area contributed by atoms with Crippen molar-refractivity contribution in [1.29, 1.82) is 0 Å². The van der Waals surface area contributed by atoms with E-state index in [9.17, 15) is 13.2 Å². The van der Waals surface area contributed by atoms with Crippen LogP contribution in [-0.4, -0.2) is 68.8 Å². The first kappa shape index (κ1) is 17.2. The molecule has 2 N–H and O–H groups in total.